The molecule has 8 nitrogen and oxygen atoms in total. The smallest absolute Gasteiger partial charge is 0.228 e. The molecule has 0 bridgehead atoms. The standard InChI is InChI=1S/C21H21N7O/c22-19-5-4-15(12-24-19)18-10-20(27-21(26-18)28-6-8-29-9-7-28)25-17-3-1-2-14-11-23-13-16(14)17/h1-5,10,12-13H,6-9,11H2,(H2,22,24)(H,25,26,27). The van der Waals surface area contributed by atoms with Gasteiger partial charge in [0.2, 0.25) is 5.95 Å². The lowest BCUT2D eigenvalue weighted by molar-refractivity contribution is 0.122. The molecule has 1 saturated heterocycles. The number of fused-ring (bicyclic) bond motifs is 1. The molecule has 146 valence electrons. The number of hydrogen-bond donors (Lipinski definition) is 2. The molecule has 1 fully saturated rings. The zero-order valence-electron chi connectivity index (χ0n) is 15.9. The Hall–Kier alpha value is -3.52. The highest BCUT2D eigenvalue weighted by atomic mass is 16.5. The molecular weight excluding hydrogens is 366 g/mol. The molecule has 0 aliphatic carbocycles. The number of rotatable bonds is 4. The molecule has 3 aromatic rings. The summed E-state index contributed by atoms with van der Waals surface area (Å²) < 4.78 is 5.47. The molecule has 0 saturated carbocycles. The molecule has 0 spiro atoms. The third-order valence-electron chi connectivity index (χ3n) is 5.03. The van der Waals surface area contributed by atoms with Crippen molar-refractivity contribution in [1.82, 2.24) is 15.0 Å². The zero-order valence-corrected chi connectivity index (χ0v) is 15.9. The predicted octanol–water partition coefficient (Wildman–Crippen LogP) is 2.63. The van der Waals surface area contributed by atoms with E-state index < -0.39 is 0 Å². The number of nitrogens with one attached hydrogen (secondary N) is 1. The van der Waals surface area contributed by atoms with E-state index in [1.54, 1.807) is 12.3 Å². The van der Waals surface area contributed by atoms with Gasteiger partial charge < -0.3 is 20.7 Å². The molecular formula is C21H21N7O. The van der Waals surface area contributed by atoms with Gasteiger partial charge in [0.05, 0.1) is 25.5 Å². The maximum Gasteiger partial charge on any atom is 0.228 e. The number of benzene rings is 1. The van der Waals surface area contributed by atoms with Gasteiger partial charge in [-0.1, -0.05) is 12.1 Å². The van der Waals surface area contributed by atoms with Crippen LogP contribution < -0.4 is 16.0 Å². The van der Waals surface area contributed by atoms with Crippen LogP contribution in [0, 0.1) is 0 Å². The van der Waals surface area contributed by atoms with Crippen LogP contribution in [0.1, 0.15) is 11.1 Å². The molecule has 2 aliphatic heterocycles. The Morgan fingerprint density at radius 3 is 2.79 bits per heavy atom. The number of morpholine rings is 1. The maximum absolute atomic E-state index is 5.74. The van der Waals surface area contributed by atoms with E-state index in [1.807, 2.05) is 30.5 Å². The molecule has 2 aromatic heterocycles. The summed E-state index contributed by atoms with van der Waals surface area (Å²) >= 11 is 0. The van der Waals surface area contributed by atoms with Gasteiger partial charge in [0, 0.05) is 48.4 Å². The van der Waals surface area contributed by atoms with Crippen LogP contribution in [0.5, 0.6) is 0 Å². The van der Waals surface area contributed by atoms with Crippen LogP contribution in [0.25, 0.3) is 11.3 Å². The highest BCUT2D eigenvalue weighted by Crippen LogP contribution is 2.29. The Morgan fingerprint density at radius 1 is 1.07 bits per heavy atom. The molecule has 5 rings (SSSR count). The van der Waals surface area contributed by atoms with Crippen molar-refractivity contribution in [2.45, 2.75) is 6.54 Å². The number of nitrogens with zero attached hydrogens (tertiary/aromatic N) is 5. The molecule has 29 heavy (non-hydrogen) atoms. The Morgan fingerprint density at radius 2 is 1.97 bits per heavy atom. The summed E-state index contributed by atoms with van der Waals surface area (Å²) in [6, 6.07) is 11.8. The van der Waals surface area contributed by atoms with Crippen molar-refractivity contribution in [3.63, 3.8) is 0 Å². The Balaban J connectivity index is 1.55. The quantitative estimate of drug-likeness (QED) is 0.709. The fourth-order valence-corrected chi connectivity index (χ4v) is 3.49. The van der Waals surface area contributed by atoms with Crippen molar-refractivity contribution in [2.24, 2.45) is 4.99 Å². The average molecular weight is 387 g/mol. The van der Waals surface area contributed by atoms with Gasteiger partial charge >= 0.3 is 0 Å². The first-order chi connectivity index (χ1) is 14.3. The number of ether oxygens (including phenoxy) is 1. The van der Waals surface area contributed by atoms with Crippen LogP contribution in [-0.2, 0) is 11.3 Å². The molecule has 2 aliphatic rings. The molecule has 0 atom stereocenters. The normalized spacial score (nSPS) is 15.4. The SMILES string of the molecule is Nc1ccc(-c2cc(Nc3cccc4c3C=NC4)nc(N3CCOCC3)n2)cn1. The first-order valence-corrected chi connectivity index (χ1v) is 9.59. The fourth-order valence-electron chi connectivity index (χ4n) is 3.49. The largest absolute Gasteiger partial charge is 0.384 e. The van der Waals surface area contributed by atoms with Crippen molar-refractivity contribution < 1.29 is 4.74 Å². The summed E-state index contributed by atoms with van der Waals surface area (Å²) in [6.07, 6.45) is 3.64. The maximum atomic E-state index is 5.74. The summed E-state index contributed by atoms with van der Waals surface area (Å²) in [4.78, 5) is 20.3. The number of aliphatic imine (C=N–C) groups is 1. The second kappa shape index (κ2) is 7.48. The van der Waals surface area contributed by atoms with Gasteiger partial charge in [0.15, 0.2) is 0 Å². The monoisotopic (exact) mass is 387 g/mol. The second-order valence-electron chi connectivity index (χ2n) is 6.98. The van der Waals surface area contributed by atoms with Gasteiger partial charge in [-0.3, -0.25) is 4.99 Å². The predicted molar refractivity (Wildman–Crippen MR) is 114 cm³/mol. The van der Waals surface area contributed by atoms with Gasteiger partial charge in [-0.05, 0) is 23.8 Å². The average Bonchev–Trinajstić information content (AvgIpc) is 3.25. The van der Waals surface area contributed by atoms with Gasteiger partial charge in [0.25, 0.3) is 0 Å². The minimum atomic E-state index is 0.480. The van der Waals surface area contributed by atoms with E-state index in [0.29, 0.717) is 25.0 Å². The minimum absolute atomic E-state index is 0.480. The summed E-state index contributed by atoms with van der Waals surface area (Å²) in [5, 5.41) is 3.46. The summed E-state index contributed by atoms with van der Waals surface area (Å²) in [5.74, 6) is 1.88. The Kier molecular flexibility index (Phi) is 4.53. The highest BCUT2D eigenvalue weighted by Gasteiger charge is 2.18. The van der Waals surface area contributed by atoms with E-state index in [4.69, 9.17) is 20.4 Å². The number of hydrogen-bond acceptors (Lipinski definition) is 8. The van der Waals surface area contributed by atoms with Gasteiger partial charge in [-0.15, -0.1) is 0 Å². The summed E-state index contributed by atoms with van der Waals surface area (Å²) in [7, 11) is 0. The van der Waals surface area contributed by atoms with Crippen LogP contribution in [-0.4, -0.2) is 47.5 Å². The van der Waals surface area contributed by atoms with Crippen molar-refractivity contribution >= 4 is 29.5 Å². The zero-order chi connectivity index (χ0) is 19.6. The number of pyridine rings is 1. The van der Waals surface area contributed by atoms with Gasteiger partial charge in [-0.25, -0.2) is 9.97 Å². The van der Waals surface area contributed by atoms with E-state index in [2.05, 4.69) is 26.3 Å². The molecule has 1 aromatic carbocycles. The van der Waals surface area contributed by atoms with Crippen molar-refractivity contribution in [3.05, 3.63) is 53.7 Å². The third-order valence-corrected chi connectivity index (χ3v) is 5.03. The number of anilines is 4. The second-order valence-corrected chi connectivity index (χ2v) is 6.98. The van der Waals surface area contributed by atoms with E-state index >= 15 is 0 Å². The van der Waals surface area contributed by atoms with Crippen LogP contribution in [0.2, 0.25) is 0 Å². The molecule has 0 radical (unpaired) electrons. The molecule has 3 N–H and O–H groups in total. The van der Waals surface area contributed by atoms with E-state index in [-0.39, 0.29) is 0 Å². The van der Waals surface area contributed by atoms with E-state index in [1.165, 1.54) is 5.56 Å². The van der Waals surface area contributed by atoms with Crippen LogP contribution >= 0.6 is 0 Å². The van der Waals surface area contributed by atoms with Crippen molar-refractivity contribution in [1.29, 1.82) is 0 Å². The summed E-state index contributed by atoms with van der Waals surface area (Å²) in [6.45, 7) is 3.58. The first kappa shape index (κ1) is 17.6. The van der Waals surface area contributed by atoms with E-state index in [9.17, 15) is 0 Å². The number of aromatic nitrogens is 3. The lowest BCUT2D eigenvalue weighted by atomic mass is 10.1. The Bertz CT molecular complexity index is 1060. The van der Waals surface area contributed by atoms with Crippen molar-refractivity contribution in [3.8, 4) is 11.3 Å². The third kappa shape index (κ3) is 3.62. The van der Waals surface area contributed by atoms with Crippen LogP contribution in [0.4, 0.5) is 23.3 Å². The van der Waals surface area contributed by atoms with Gasteiger partial charge in [0.1, 0.15) is 11.6 Å². The lowest BCUT2D eigenvalue weighted by Gasteiger charge is -2.27. The highest BCUT2D eigenvalue weighted by molar-refractivity contribution is 5.93. The number of nitrogens with two attached hydrogens (primary N) is 1. The number of nitrogen functional groups attached to an aromatic ring is 1. The van der Waals surface area contributed by atoms with Gasteiger partial charge in [-0.2, -0.15) is 4.98 Å². The molecule has 0 amide bonds. The Labute approximate surface area is 168 Å². The first-order valence-electron chi connectivity index (χ1n) is 9.59. The molecule has 0 unspecified atom stereocenters. The fraction of sp³-hybridized carbons (Fsp3) is 0.238. The van der Waals surface area contributed by atoms with E-state index in [0.717, 1.165) is 48.0 Å². The topological polar surface area (TPSA) is 102 Å². The van der Waals surface area contributed by atoms with Crippen LogP contribution in [0.3, 0.4) is 0 Å². The van der Waals surface area contributed by atoms with Crippen molar-refractivity contribution in [2.75, 3.05) is 42.3 Å². The van der Waals surface area contributed by atoms with Crippen LogP contribution in [0.15, 0.2) is 47.6 Å². The molecule has 4 heterocycles. The molecule has 8 heteroatoms. The lowest BCUT2D eigenvalue weighted by Crippen LogP contribution is -2.37. The minimum Gasteiger partial charge on any atom is -0.384 e. The summed E-state index contributed by atoms with van der Waals surface area (Å²) in [5.41, 5.74) is 10.7.